The highest BCUT2D eigenvalue weighted by Gasteiger charge is 2.35. The van der Waals surface area contributed by atoms with Crippen molar-refractivity contribution in [3.05, 3.63) is 29.3 Å². The van der Waals surface area contributed by atoms with Crippen molar-refractivity contribution in [2.45, 2.75) is 20.0 Å². The molecule has 0 saturated heterocycles. The summed E-state index contributed by atoms with van der Waals surface area (Å²) < 4.78 is 43.6. The Morgan fingerprint density at radius 2 is 1.90 bits per heavy atom. The molecule has 0 heterocycles. The van der Waals surface area contributed by atoms with E-state index in [1.54, 1.807) is 13.8 Å². The number of ether oxygens (including phenoxy) is 1. The van der Waals surface area contributed by atoms with Gasteiger partial charge in [-0.25, -0.2) is 0 Å². The van der Waals surface area contributed by atoms with E-state index in [0.29, 0.717) is 25.4 Å². The van der Waals surface area contributed by atoms with Gasteiger partial charge in [-0.15, -0.1) is 0 Å². The van der Waals surface area contributed by atoms with Crippen molar-refractivity contribution in [3.63, 3.8) is 0 Å². The maximum absolute atomic E-state index is 12.9. The molecule has 1 aromatic carbocycles. The predicted molar refractivity (Wildman–Crippen MR) is 70.3 cm³/mol. The molecular weight excluding hydrogens is 287 g/mol. The molecule has 21 heavy (non-hydrogen) atoms. The summed E-state index contributed by atoms with van der Waals surface area (Å²) in [6.45, 7) is 3.96. The summed E-state index contributed by atoms with van der Waals surface area (Å²) in [6.07, 6.45) is -4.34. The largest absolute Gasteiger partial charge is 0.483 e. The number of carbonyl (C=O) groups excluding carboxylic acids is 2. The highest BCUT2D eigenvalue weighted by atomic mass is 19.4. The van der Waals surface area contributed by atoms with Crippen LogP contribution in [0.25, 0.3) is 0 Å². The number of rotatable bonds is 6. The summed E-state index contributed by atoms with van der Waals surface area (Å²) in [5, 5.41) is 0. The average molecular weight is 303 g/mol. The first kappa shape index (κ1) is 17.0. The van der Waals surface area contributed by atoms with Crippen molar-refractivity contribution in [2.24, 2.45) is 0 Å². The molecule has 0 aliphatic heterocycles. The Hall–Kier alpha value is -2.05. The predicted octanol–water partition coefficient (Wildman–Crippen LogP) is 2.77. The second-order valence-electron chi connectivity index (χ2n) is 4.23. The summed E-state index contributed by atoms with van der Waals surface area (Å²) in [6, 6.07) is 2.95. The summed E-state index contributed by atoms with van der Waals surface area (Å²) in [5.74, 6) is -0.860. The standard InChI is InChI=1S/C14H16F3NO3/c1-3-18(4-2)13(20)9-21-12-6-5-10(8-19)7-11(12)14(15,16)17/h5-8H,3-4,9H2,1-2H3. The minimum atomic E-state index is -4.66. The third-order valence-electron chi connectivity index (χ3n) is 2.91. The van der Waals surface area contributed by atoms with Crippen LogP contribution in [-0.4, -0.2) is 36.8 Å². The normalized spacial score (nSPS) is 11.1. The van der Waals surface area contributed by atoms with Gasteiger partial charge in [0.05, 0.1) is 5.56 Å². The number of alkyl halides is 3. The van der Waals surface area contributed by atoms with Crippen LogP contribution in [0.3, 0.4) is 0 Å². The Balaban J connectivity index is 2.93. The van der Waals surface area contributed by atoms with Gasteiger partial charge in [-0.05, 0) is 32.0 Å². The van der Waals surface area contributed by atoms with Crippen molar-refractivity contribution >= 4 is 12.2 Å². The van der Waals surface area contributed by atoms with Crippen molar-refractivity contribution in [2.75, 3.05) is 19.7 Å². The number of carbonyl (C=O) groups is 2. The molecule has 0 unspecified atom stereocenters. The minimum Gasteiger partial charge on any atom is -0.483 e. The van der Waals surface area contributed by atoms with E-state index >= 15 is 0 Å². The van der Waals surface area contributed by atoms with Crippen LogP contribution in [-0.2, 0) is 11.0 Å². The lowest BCUT2D eigenvalue weighted by atomic mass is 10.1. The molecule has 1 aromatic rings. The zero-order chi connectivity index (χ0) is 16.0. The first-order valence-electron chi connectivity index (χ1n) is 6.40. The van der Waals surface area contributed by atoms with E-state index in [1.807, 2.05) is 0 Å². The number of hydrogen-bond acceptors (Lipinski definition) is 3. The third-order valence-corrected chi connectivity index (χ3v) is 2.91. The van der Waals surface area contributed by atoms with Gasteiger partial charge in [-0.2, -0.15) is 13.2 Å². The SMILES string of the molecule is CCN(CC)C(=O)COc1ccc(C=O)cc1C(F)(F)F. The number of aldehydes is 1. The average Bonchev–Trinajstić information content (AvgIpc) is 2.45. The van der Waals surface area contributed by atoms with Gasteiger partial charge in [0.15, 0.2) is 6.61 Å². The van der Waals surface area contributed by atoms with E-state index in [9.17, 15) is 22.8 Å². The number of benzene rings is 1. The number of likely N-dealkylation sites (N-methyl/N-ethyl adjacent to an activating group) is 1. The quantitative estimate of drug-likeness (QED) is 0.759. The second-order valence-corrected chi connectivity index (χ2v) is 4.23. The van der Waals surface area contributed by atoms with Crippen LogP contribution in [0.4, 0.5) is 13.2 Å². The van der Waals surface area contributed by atoms with Gasteiger partial charge in [-0.1, -0.05) is 0 Å². The zero-order valence-corrected chi connectivity index (χ0v) is 11.7. The molecule has 0 aromatic heterocycles. The van der Waals surface area contributed by atoms with Crippen molar-refractivity contribution < 1.29 is 27.5 Å². The molecular formula is C14H16F3NO3. The summed E-state index contributed by atoms with van der Waals surface area (Å²) >= 11 is 0. The zero-order valence-electron chi connectivity index (χ0n) is 11.7. The fraction of sp³-hybridized carbons (Fsp3) is 0.429. The molecule has 7 heteroatoms. The Morgan fingerprint density at radius 3 is 2.38 bits per heavy atom. The molecule has 0 N–H and O–H groups in total. The van der Waals surface area contributed by atoms with Crippen molar-refractivity contribution in [1.82, 2.24) is 4.90 Å². The second kappa shape index (κ2) is 7.10. The van der Waals surface area contributed by atoms with Crippen molar-refractivity contribution in [3.8, 4) is 5.75 Å². The lowest BCUT2D eigenvalue weighted by molar-refractivity contribution is -0.141. The smallest absolute Gasteiger partial charge is 0.419 e. The number of halogens is 3. The monoisotopic (exact) mass is 303 g/mol. The van der Waals surface area contributed by atoms with Crippen LogP contribution < -0.4 is 4.74 Å². The number of nitrogens with zero attached hydrogens (tertiary/aromatic N) is 1. The highest BCUT2D eigenvalue weighted by Crippen LogP contribution is 2.36. The summed E-state index contributed by atoms with van der Waals surface area (Å²) in [5.41, 5.74) is -1.18. The van der Waals surface area contributed by atoms with E-state index in [-0.39, 0.29) is 5.56 Å². The van der Waals surface area contributed by atoms with Crippen LogP contribution >= 0.6 is 0 Å². The van der Waals surface area contributed by atoms with Gasteiger partial charge < -0.3 is 9.64 Å². The van der Waals surface area contributed by atoms with Crippen LogP contribution in [0.1, 0.15) is 29.8 Å². The summed E-state index contributed by atoms with van der Waals surface area (Å²) in [4.78, 5) is 23.7. The Morgan fingerprint density at radius 1 is 1.29 bits per heavy atom. The highest BCUT2D eigenvalue weighted by molar-refractivity contribution is 5.78. The van der Waals surface area contributed by atoms with Gasteiger partial charge in [0.25, 0.3) is 5.91 Å². The fourth-order valence-corrected chi connectivity index (χ4v) is 1.78. The summed E-state index contributed by atoms with van der Waals surface area (Å²) in [7, 11) is 0. The maximum Gasteiger partial charge on any atom is 0.419 e. The minimum absolute atomic E-state index is 0.107. The molecule has 0 aliphatic rings. The lowest BCUT2D eigenvalue weighted by Gasteiger charge is -2.20. The fourth-order valence-electron chi connectivity index (χ4n) is 1.78. The maximum atomic E-state index is 12.9. The van der Waals surface area contributed by atoms with Gasteiger partial charge in [-0.3, -0.25) is 9.59 Å². The van der Waals surface area contributed by atoms with Crippen LogP contribution in [0.15, 0.2) is 18.2 Å². The molecule has 0 atom stereocenters. The molecule has 0 spiro atoms. The first-order valence-corrected chi connectivity index (χ1v) is 6.40. The van der Waals surface area contributed by atoms with Crippen molar-refractivity contribution in [1.29, 1.82) is 0 Å². The third kappa shape index (κ3) is 4.47. The van der Waals surface area contributed by atoms with Crippen LogP contribution in [0.5, 0.6) is 5.75 Å². The molecule has 4 nitrogen and oxygen atoms in total. The van der Waals surface area contributed by atoms with E-state index in [4.69, 9.17) is 4.74 Å². The number of hydrogen-bond donors (Lipinski definition) is 0. The molecule has 0 radical (unpaired) electrons. The molecule has 116 valence electrons. The topological polar surface area (TPSA) is 46.6 Å². The van der Waals surface area contributed by atoms with Crippen LogP contribution in [0.2, 0.25) is 0 Å². The van der Waals surface area contributed by atoms with Gasteiger partial charge in [0.2, 0.25) is 0 Å². The Labute approximate surface area is 120 Å². The molecule has 0 saturated carbocycles. The lowest BCUT2D eigenvalue weighted by Crippen LogP contribution is -2.34. The van der Waals surface area contributed by atoms with Gasteiger partial charge >= 0.3 is 6.18 Å². The number of amides is 1. The molecule has 1 amide bonds. The molecule has 0 aliphatic carbocycles. The molecule has 0 fully saturated rings. The molecule has 0 bridgehead atoms. The van der Waals surface area contributed by atoms with E-state index < -0.39 is 30.0 Å². The van der Waals surface area contributed by atoms with E-state index in [2.05, 4.69) is 0 Å². The van der Waals surface area contributed by atoms with Gasteiger partial charge in [0.1, 0.15) is 12.0 Å². The Bertz CT molecular complexity index is 511. The first-order chi connectivity index (χ1) is 9.83. The van der Waals surface area contributed by atoms with E-state index in [1.165, 1.54) is 11.0 Å². The molecule has 1 rings (SSSR count). The van der Waals surface area contributed by atoms with Crippen LogP contribution in [0, 0.1) is 0 Å². The van der Waals surface area contributed by atoms with Gasteiger partial charge in [0, 0.05) is 18.7 Å². The van der Waals surface area contributed by atoms with E-state index in [0.717, 1.165) is 6.07 Å². The Kier molecular flexibility index (Phi) is 5.75.